The molecule has 0 bridgehead atoms. The van der Waals surface area contributed by atoms with Gasteiger partial charge in [0.15, 0.2) is 0 Å². The van der Waals surface area contributed by atoms with E-state index in [1.807, 2.05) is 30.3 Å². The SMILES string of the molecule is Cn1ccc2ccc(C(=O)N3CCCN(CC4CC=CCC4)CC3)cc21. The zero-order valence-electron chi connectivity index (χ0n) is 15.7. The summed E-state index contributed by atoms with van der Waals surface area (Å²) in [6, 6.07) is 8.16. The first kappa shape index (κ1) is 17.3. The third-order valence-corrected chi connectivity index (χ3v) is 5.90. The molecule has 2 aliphatic rings. The van der Waals surface area contributed by atoms with Crippen molar-refractivity contribution in [2.45, 2.75) is 25.7 Å². The Morgan fingerprint density at radius 3 is 2.88 bits per heavy atom. The minimum Gasteiger partial charge on any atom is -0.351 e. The number of carbonyl (C=O) groups excluding carboxylic acids is 1. The average Bonchev–Trinajstić information content (AvgIpc) is 2.89. The van der Waals surface area contributed by atoms with Crippen LogP contribution in [0.15, 0.2) is 42.6 Å². The molecular formula is C22H29N3O. The van der Waals surface area contributed by atoms with Crippen molar-refractivity contribution in [2.24, 2.45) is 13.0 Å². The van der Waals surface area contributed by atoms with E-state index in [1.165, 1.54) is 31.2 Å². The van der Waals surface area contributed by atoms with Gasteiger partial charge in [-0.15, -0.1) is 0 Å². The minimum absolute atomic E-state index is 0.176. The molecule has 1 fully saturated rings. The number of nitrogens with zero attached hydrogens (tertiary/aromatic N) is 3. The molecule has 26 heavy (non-hydrogen) atoms. The number of allylic oxidation sites excluding steroid dienone is 2. The summed E-state index contributed by atoms with van der Waals surface area (Å²) in [5.41, 5.74) is 1.93. The van der Waals surface area contributed by atoms with Crippen LogP contribution in [0, 0.1) is 5.92 Å². The van der Waals surface area contributed by atoms with E-state index < -0.39 is 0 Å². The van der Waals surface area contributed by atoms with E-state index in [4.69, 9.17) is 0 Å². The lowest BCUT2D eigenvalue weighted by molar-refractivity contribution is 0.0760. The van der Waals surface area contributed by atoms with Crippen LogP contribution in [0.2, 0.25) is 0 Å². The fourth-order valence-electron chi connectivity index (χ4n) is 4.32. The Bertz CT molecular complexity index is 807. The maximum atomic E-state index is 13.0. The van der Waals surface area contributed by atoms with E-state index in [0.29, 0.717) is 0 Å². The maximum Gasteiger partial charge on any atom is 0.253 e. The number of aromatic nitrogens is 1. The van der Waals surface area contributed by atoms with Crippen LogP contribution >= 0.6 is 0 Å². The molecule has 0 N–H and O–H groups in total. The lowest BCUT2D eigenvalue weighted by Gasteiger charge is -2.27. The van der Waals surface area contributed by atoms with Crippen molar-refractivity contribution in [1.82, 2.24) is 14.4 Å². The van der Waals surface area contributed by atoms with Crippen molar-refractivity contribution in [3.63, 3.8) is 0 Å². The van der Waals surface area contributed by atoms with Gasteiger partial charge in [0, 0.05) is 50.5 Å². The summed E-state index contributed by atoms with van der Waals surface area (Å²) in [7, 11) is 2.03. The third-order valence-electron chi connectivity index (χ3n) is 5.90. The Morgan fingerprint density at radius 2 is 2.04 bits per heavy atom. The van der Waals surface area contributed by atoms with E-state index in [-0.39, 0.29) is 5.91 Å². The van der Waals surface area contributed by atoms with Crippen LogP contribution in [0.1, 0.15) is 36.0 Å². The van der Waals surface area contributed by atoms with E-state index in [9.17, 15) is 4.79 Å². The zero-order valence-corrected chi connectivity index (χ0v) is 15.7. The van der Waals surface area contributed by atoms with Crippen molar-refractivity contribution >= 4 is 16.8 Å². The predicted molar refractivity (Wildman–Crippen MR) is 106 cm³/mol. The Balaban J connectivity index is 1.40. The van der Waals surface area contributed by atoms with Gasteiger partial charge in [-0.05, 0) is 61.7 Å². The topological polar surface area (TPSA) is 28.5 Å². The van der Waals surface area contributed by atoms with Gasteiger partial charge in [0.1, 0.15) is 0 Å². The molecule has 0 spiro atoms. The van der Waals surface area contributed by atoms with Crippen molar-refractivity contribution in [2.75, 3.05) is 32.7 Å². The van der Waals surface area contributed by atoms with Gasteiger partial charge in [-0.1, -0.05) is 18.2 Å². The quantitative estimate of drug-likeness (QED) is 0.789. The summed E-state index contributed by atoms with van der Waals surface area (Å²) in [5.74, 6) is 0.970. The molecule has 1 atom stereocenters. The number of amides is 1. The Hall–Kier alpha value is -2.07. The molecule has 1 aromatic carbocycles. The Morgan fingerprint density at radius 1 is 1.12 bits per heavy atom. The second-order valence-electron chi connectivity index (χ2n) is 7.80. The standard InChI is InChI=1S/C22H29N3O/c1-23-13-10-19-8-9-20(16-21(19)23)22(26)25-12-5-11-24(14-15-25)17-18-6-3-2-4-7-18/h2-3,8-10,13,16,18H,4-7,11-12,14-15,17H2,1H3. The van der Waals surface area contributed by atoms with Gasteiger partial charge in [0.05, 0.1) is 0 Å². The number of fused-ring (bicyclic) bond motifs is 1. The molecule has 1 unspecified atom stereocenters. The summed E-state index contributed by atoms with van der Waals surface area (Å²) in [6.07, 6.45) is 11.5. The number of carbonyl (C=O) groups is 1. The number of rotatable bonds is 3. The Labute approximate surface area is 156 Å². The zero-order chi connectivity index (χ0) is 17.9. The summed E-state index contributed by atoms with van der Waals surface area (Å²) in [4.78, 5) is 17.6. The molecule has 2 heterocycles. The van der Waals surface area contributed by atoms with Crippen LogP contribution in [-0.4, -0.2) is 53.0 Å². The summed E-state index contributed by atoms with van der Waals surface area (Å²) >= 11 is 0. The van der Waals surface area contributed by atoms with E-state index in [1.54, 1.807) is 0 Å². The van der Waals surface area contributed by atoms with Crippen LogP contribution < -0.4 is 0 Å². The summed E-state index contributed by atoms with van der Waals surface area (Å²) in [5, 5.41) is 1.19. The van der Waals surface area contributed by atoms with Crippen molar-refractivity contribution < 1.29 is 4.79 Å². The monoisotopic (exact) mass is 351 g/mol. The van der Waals surface area contributed by atoms with Crippen molar-refractivity contribution in [3.05, 3.63) is 48.2 Å². The smallest absolute Gasteiger partial charge is 0.253 e. The fourth-order valence-corrected chi connectivity index (χ4v) is 4.32. The second-order valence-corrected chi connectivity index (χ2v) is 7.80. The van der Waals surface area contributed by atoms with Crippen LogP contribution in [0.5, 0.6) is 0 Å². The van der Waals surface area contributed by atoms with Gasteiger partial charge in [0.2, 0.25) is 0 Å². The highest BCUT2D eigenvalue weighted by molar-refractivity contribution is 5.98. The number of benzene rings is 1. The van der Waals surface area contributed by atoms with Gasteiger partial charge in [-0.3, -0.25) is 4.79 Å². The molecule has 1 amide bonds. The second kappa shape index (κ2) is 7.67. The largest absolute Gasteiger partial charge is 0.351 e. The van der Waals surface area contributed by atoms with Gasteiger partial charge in [-0.25, -0.2) is 0 Å². The molecule has 1 saturated heterocycles. The molecule has 1 aliphatic heterocycles. The average molecular weight is 351 g/mol. The van der Waals surface area contributed by atoms with E-state index in [2.05, 4.69) is 33.8 Å². The normalized spacial score (nSPS) is 21.9. The molecule has 4 heteroatoms. The molecule has 4 nitrogen and oxygen atoms in total. The minimum atomic E-state index is 0.176. The third kappa shape index (κ3) is 3.70. The number of hydrogen-bond acceptors (Lipinski definition) is 2. The first-order valence-electron chi connectivity index (χ1n) is 9.92. The van der Waals surface area contributed by atoms with Gasteiger partial charge in [0.25, 0.3) is 5.91 Å². The van der Waals surface area contributed by atoms with Gasteiger partial charge in [-0.2, -0.15) is 0 Å². The van der Waals surface area contributed by atoms with Crippen LogP contribution in [-0.2, 0) is 7.05 Å². The highest BCUT2D eigenvalue weighted by Crippen LogP contribution is 2.21. The van der Waals surface area contributed by atoms with Crippen LogP contribution in [0.25, 0.3) is 10.9 Å². The molecular weight excluding hydrogens is 322 g/mol. The highest BCUT2D eigenvalue weighted by atomic mass is 16.2. The highest BCUT2D eigenvalue weighted by Gasteiger charge is 2.22. The maximum absolute atomic E-state index is 13.0. The van der Waals surface area contributed by atoms with Gasteiger partial charge < -0.3 is 14.4 Å². The summed E-state index contributed by atoms with van der Waals surface area (Å²) < 4.78 is 2.08. The van der Waals surface area contributed by atoms with Gasteiger partial charge >= 0.3 is 0 Å². The van der Waals surface area contributed by atoms with Crippen molar-refractivity contribution in [3.8, 4) is 0 Å². The fraction of sp³-hybridized carbons (Fsp3) is 0.500. The summed E-state index contributed by atoms with van der Waals surface area (Å²) in [6.45, 7) is 5.00. The van der Waals surface area contributed by atoms with E-state index >= 15 is 0 Å². The molecule has 1 aromatic heterocycles. The lowest BCUT2D eigenvalue weighted by atomic mass is 9.94. The number of aryl methyl sites for hydroxylation is 1. The van der Waals surface area contributed by atoms with Crippen LogP contribution in [0.4, 0.5) is 0 Å². The molecule has 1 aliphatic carbocycles. The van der Waals surface area contributed by atoms with E-state index in [0.717, 1.165) is 49.6 Å². The first-order valence-corrected chi connectivity index (χ1v) is 9.92. The molecule has 4 rings (SSSR count). The number of hydrogen-bond donors (Lipinski definition) is 0. The first-order chi connectivity index (χ1) is 12.7. The molecule has 138 valence electrons. The molecule has 0 radical (unpaired) electrons. The Kier molecular flexibility index (Phi) is 5.11. The molecule has 0 saturated carbocycles. The van der Waals surface area contributed by atoms with Crippen LogP contribution in [0.3, 0.4) is 0 Å². The predicted octanol–water partition coefficient (Wildman–Crippen LogP) is 3.68. The van der Waals surface area contributed by atoms with Crippen molar-refractivity contribution in [1.29, 1.82) is 0 Å². The molecule has 2 aromatic rings. The lowest BCUT2D eigenvalue weighted by Crippen LogP contribution is -2.36.